The molecule has 3 aromatic rings. The number of fused-ring (bicyclic) bond motifs is 1. The third-order valence-corrected chi connectivity index (χ3v) is 5.69. The highest BCUT2D eigenvalue weighted by atomic mass is 16.6. The molecule has 2 heterocycles. The van der Waals surface area contributed by atoms with Crippen molar-refractivity contribution < 1.29 is 14.6 Å². The zero-order valence-corrected chi connectivity index (χ0v) is 21.7. The Morgan fingerprint density at radius 3 is 2.51 bits per heavy atom. The summed E-state index contributed by atoms with van der Waals surface area (Å²) in [6.45, 7) is 10.3. The number of benzene rings is 1. The van der Waals surface area contributed by atoms with E-state index in [9.17, 15) is 9.59 Å². The van der Waals surface area contributed by atoms with E-state index in [0.717, 1.165) is 46.0 Å². The van der Waals surface area contributed by atoms with E-state index in [1.807, 2.05) is 31.3 Å². The van der Waals surface area contributed by atoms with Crippen LogP contribution in [0.2, 0.25) is 0 Å². The fourth-order valence-corrected chi connectivity index (χ4v) is 3.88. The number of carbonyl (C=O) groups excluding carboxylic acids is 1. The second kappa shape index (κ2) is 10.7. The van der Waals surface area contributed by atoms with Crippen molar-refractivity contribution in [2.45, 2.75) is 78.7 Å². The molecule has 1 saturated carbocycles. The Morgan fingerprint density at radius 2 is 1.97 bits per heavy atom. The van der Waals surface area contributed by atoms with Gasteiger partial charge in [-0.05, 0) is 77.1 Å². The smallest absolute Gasteiger partial charge is 0.308 e. The van der Waals surface area contributed by atoms with Gasteiger partial charge < -0.3 is 24.7 Å². The molecular weight excluding hydrogens is 444 g/mol. The SMILES string of the molecule is C[C@@H](O)CC(=O)OC(C)(C)C.Cc1cc(-c2nc3ccc(CN)cc3n2CC2CC2)cn(C)c1=O. The minimum absolute atomic E-state index is 0.0361. The first-order valence-electron chi connectivity index (χ1n) is 12.1. The van der Waals surface area contributed by atoms with Crippen LogP contribution >= 0.6 is 0 Å². The van der Waals surface area contributed by atoms with Crippen LogP contribution in [0, 0.1) is 12.8 Å². The lowest BCUT2D eigenvalue weighted by molar-refractivity contribution is -0.156. The van der Waals surface area contributed by atoms with Gasteiger partial charge in [-0.2, -0.15) is 0 Å². The van der Waals surface area contributed by atoms with E-state index in [0.29, 0.717) is 6.54 Å². The number of hydrogen-bond acceptors (Lipinski definition) is 6. The van der Waals surface area contributed by atoms with E-state index >= 15 is 0 Å². The average Bonchev–Trinajstić information content (AvgIpc) is 3.50. The number of esters is 1. The van der Waals surface area contributed by atoms with Crippen molar-refractivity contribution in [2.75, 3.05) is 0 Å². The molecule has 190 valence electrons. The van der Waals surface area contributed by atoms with Crippen LogP contribution in [0.15, 0.2) is 35.3 Å². The number of aromatic nitrogens is 3. The summed E-state index contributed by atoms with van der Waals surface area (Å²) < 4.78 is 8.88. The second-order valence-electron chi connectivity index (χ2n) is 10.5. The van der Waals surface area contributed by atoms with Gasteiger partial charge >= 0.3 is 5.97 Å². The van der Waals surface area contributed by atoms with Crippen LogP contribution in [-0.4, -0.2) is 36.9 Å². The maximum absolute atomic E-state index is 12.0. The molecule has 0 saturated heterocycles. The summed E-state index contributed by atoms with van der Waals surface area (Å²) in [5.41, 5.74) is 10.3. The van der Waals surface area contributed by atoms with Crippen molar-refractivity contribution in [3.8, 4) is 11.4 Å². The second-order valence-corrected chi connectivity index (χ2v) is 10.5. The lowest BCUT2D eigenvalue weighted by Gasteiger charge is -2.19. The van der Waals surface area contributed by atoms with Gasteiger partial charge in [0.05, 0.1) is 23.6 Å². The Kier molecular flexibility index (Phi) is 8.18. The number of imidazole rings is 1. The molecule has 3 N–H and O–H groups in total. The van der Waals surface area contributed by atoms with Gasteiger partial charge in [0.1, 0.15) is 11.4 Å². The van der Waals surface area contributed by atoms with Gasteiger partial charge in [-0.25, -0.2) is 4.98 Å². The minimum Gasteiger partial charge on any atom is -0.460 e. The maximum atomic E-state index is 12.0. The van der Waals surface area contributed by atoms with Crippen LogP contribution in [0.5, 0.6) is 0 Å². The molecule has 0 radical (unpaired) electrons. The lowest BCUT2D eigenvalue weighted by atomic mass is 10.2. The van der Waals surface area contributed by atoms with Crippen molar-refractivity contribution >= 4 is 17.0 Å². The number of nitrogens with two attached hydrogens (primary N) is 1. The first-order valence-corrected chi connectivity index (χ1v) is 12.1. The maximum Gasteiger partial charge on any atom is 0.308 e. The normalized spacial score (nSPS) is 14.4. The summed E-state index contributed by atoms with van der Waals surface area (Å²) in [6.07, 6.45) is 3.88. The highest BCUT2D eigenvalue weighted by Crippen LogP contribution is 2.34. The number of pyridine rings is 1. The minimum atomic E-state index is -0.621. The van der Waals surface area contributed by atoms with E-state index in [-0.39, 0.29) is 17.9 Å². The predicted octanol–water partition coefficient (Wildman–Crippen LogP) is 3.68. The monoisotopic (exact) mass is 482 g/mol. The molecular formula is C27H38N4O4. The molecule has 0 unspecified atom stereocenters. The van der Waals surface area contributed by atoms with Crippen molar-refractivity contribution in [3.05, 3.63) is 51.9 Å². The largest absolute Gasteiger partial charge is 0.460 e. The van der Waals surface area contributed by atoms with Gasteiger partial charge in [-0.15, -0.1) is 0 Å². The molecule has 4 rings (SSSR count). The zero-order valence-electron chi connectivity index (χ0n) is 21.7. The van der Waals surface area contributed by atoms with Crippen LogP contribution in [-0.2, 0) is 29.7 Å². The number of aliphatic hydroxyl groups excluding tert-OH is 1. The first-order chi connectivity index (χ1) is 16.4. The highest BCUT2D eigenvalue weighted by Gasteiger charge is 2.25. The molecule has 1 fully saturated rings. The molecule has 8 nitrogen and oxygen atoms in total. The van der Waals surface area contributed by atoms with Gasteiger partial charge in [0.25, 0.3) is 5.56 Å². The van der Waals surface area contributed by atoms with Crippen molar-refractivity contribution in [3.63, 3.8) is 0 Å². The summed E-state index contributed by atoms with van der Waals surface area (Å²) in [4.78, 5) is 27.7. The van der Waals surface area contributed by atoms with Crippen LogP contribution in [0.3, 0.4) is 0 Å². The van der Waals surface area contributed by atoms with E-state index in [1.165, 1.54) is 12.8 Å². The van der Waals surface area contributed by atoms with E-state index in [4.69, 9.17) is 20.6 Å². The molecule has 8 heteroatoms. The topological polar surface area (TPSA) is 112 Å². The summed E-state index contributed by atoms with van der Waals surface area (Å²) in [5, 5.41) is 8.82. The number of carbonyl (C=O) groups is 1. The fraction of sp³-hybridized carbons (Fsp3) is 0.519. The molecule has 1 aliphatic carbocycles. The summed E-state index contributed by atoms with van der Waals surface area (Å²) in [5.74, 6) is 1.31. The Hall–Kier alpha value is -2.97. The van der Waals surface area contributed by atoms with E-state index in [2.05, 4.69) is 10.6 Å². The first kappa shape index (κ1) is 26.6. The van der Waals surface area contributed by atoms with E-state index < -0.39 is 11.7 Å². The molecule has 35 heavy (non-hydrogen) atoms. The van der Waals surface area contributed by atoms with Crippen molar-refractivity contribution in [1.82, 2.24) is 14.1 Å². The molecule has 2 aromatic heterocycles. The Balaban J connectivity index is 0.000000266. The lowest BCUT2D eigenvalue weighted by Crippen LogP contribution is -2.25. The van der Waals surface area contributed by atoms with Crippen molar-refractivity contribution in [1.29, 1.82) is 0 Å². The van der Waals surface area contributed by atoms with Gasteiger partial charge in [-0.3, -0.25) is 9.59 Å². The Bertz CT molecular complexity index is 1220. The van der Waals surface area contributed by atoms with Gasteiger partial charge in [0.2, 0.25) is 0 Å². The number of ether oxygens (including phenoxy) is 1. The van der Waals surface area contributed by atoms with Crippen LogP contribution in [0.25, 0.3) is 22.4 Å². The summed E-state index contributed by atoms with van der Waals surface area (Å²) in [7, 11) is 1.79. The standard InChI is InChI=1S/C19H22N4O.C8H16O3/c1-12-7-15(11-22(2)19(12)24)18-21-16-6-5-14(9-20)8-17(16)23(18)10-13-3-4-13;1-6(9)5-7(10)11-8(2,3)4/h5-8,11,13H,3-4,9-10,20H2,1-2H3;6,9H,5H2,1-4H3/t;6-/m.1/s1. The number of aryl methyl sites for hydroxylation is 2. The number of nitrogens with zero attached hydrogens (tertiary/aromatic N) is 3. The fourth-order valence-electron chi connectivity index (χ4n) is 3.88. The zero-order chi connectivity index (χ0) is 25.9. The molecule has 1 aliphatic rings. The molecule has 0 amide bonds. The quantitative estimate of drug-likeness (QED) is 0.519. The third-order valence-electron chi connectivity index (χ3n) is 5.69. The van der Waals surface area contributed by atoms with Crippen LogP contribution < -0.4 is 11.3 Å². The third kappa shape index (κ3) is 7.26. The van der Waals surface area contributed by atoms with E-state index in [1.54, 1.807) is 39.3 Å². The summed E-state index contributed by atoms with van der Waals surface area (Å²) >= 11 is 0. The van der Waals surface area contributed by atoms with Gasteiger partial charge in [-0.1, -0.05) is 6.07 Å². The average molecular weight is 483 g/mol. The molecule has 1 atom stereocenters. The number of rotatable bonds is 6. The van der Waals surface area contributed by atoms with Gasteiger partial charge in [0.15, 0.2) is 0 Å². The highest BCUT2D eigenvalue weighted by molar-refractivity contribution is 5.81. The van der Waals surface area contributed by atoms with Crippen LogP contribution in [0.4, 0.5) is 0 Å². The number of hydrogen-bond donors (Lipinski definition) is 2. The van der Waals surface area contributed by atoms with Gasteiger partial charge in [0, 0.05) is 37.5 Å². The van der Waals surface area contributed by atoms with Crippen molar-refractivity contribution in [2.24, 2.45) is 18.7 Å². The number of aliphatic hydroxyl groups is 1. The molecule has 0 spiro atoms. The predicted molar refractivity (Wildman–Crippen MR) is 138 cm³/mol. The molecule has 1 aromatic carbocycles. The molecule has 0 aliphatic heterocycles. The summed E-state index contributed by atoms with van der Waals surface area (Å²) in [6, 6.07) is 8.16. The Labute approximate surface area is 206 Å². The Morgan fingerprint density at radius 1 is 1.29 bits per heavy atom. The molecule has 0 bridgehead atoms. The van der Waals surface area contributed by atoms with Crippen LogP contribution in [0.1, 0.15) is 58.1 Å².